The lowest BCUT2D eigenvalue weighted by Gasteiger charge is -2.03. The van der Waals surface area contributed by atoms with Crippen molar-refractivity contribution in [3.63, 3.8) is 0 Å². The van der Waals surface area contributed by atoms with Gasteiger partial charge < -0.3 is 11.5 Å². The van der Waals surface area contributed by atoms with E-state index in [1.54, 1.807) is 24.3 Å². The van der Waals surface area contributed by atoms with Crippen LogP contribution >= 0.6 is 0 Å². The summed E-state index contributed by atoms with van der Waals surface area (Å²) in [5.74, 6) is 0. The average molecular weight is 195 g/mol. The molecule has 72 valence electrons. The van der Waals surface area contributed by atoms with Gasteiger partial charge in [-0.3, -0.25) is 0 Å². The number of benzene rings is 1. The summed E-state index contributed by atoms with van der Waals surface area (Å²) >= 11 is 0. The summed E-state index contributed by atoms with van der Waals surface area (Å²) in [7, 11) is 5.54. The van der Waals surface area contributed by atoms with Gasteiger partial charge in [0.2, 0.25) is 0 Å². The number of nitrogens with zero attached hydrogens (tertiary/aromatic N) is 1. The van der Waals surface area contributed by atoms with Crippen LogP contribution in [0.4, 0.5) is 0 Å². The van der Waals surface area contributed by atoms with Gasteiger partial charge in [0.25, 0.3) is 0 Å². The maximum atomic E-state index is 8.82. The predicted octanol–water partition coefficient (Wildman–Crippen LogP) is 0.146. The van der Waals surface area contributed by atoms with Gasteiger partial charge in [-0.25, -0.2) is 0 Å². The number of allylic oxidation sites excluding steroid dienone is 2. The first-order valence-electron chi connectivity index (χ1n) is 4.33. The van der Waals surface area contributed by atoms with Crippen LogP contribution in [0.25, 0.3) is 5.70 Å². The second-order valence-electron chi connectivity index (χ2n) is 2.92. The third-order valence-corrected chi connectivity index (χ3v) is 1.90. The third kappa shape index (κ3) is 2.65. The van der Waals surface area contributed by atoms with Gasteiger partial charge >= 0.3 is 0 Å². The summed E-state index contributed by atoms with van der Waals surface area (Å²) < 4.78 is 0. The Morgan fingerprint density at radius 3 is 2.40 bits per heavy atom. The molecule has 0 atom stereocenters. The van der Waals surface area contributed by atoms with Crippen LogP contribution < -0.4 is 16.9 Å². The van der Waals surface area contributed by atoms with Crippen LogP contribution in [0.3, 0.4) is 0 Å². The lowest BCUT2D eigenvalue weighted by atomic mass is 9.94. The van der Waals surface area contributed by atoms with E-state index in [4.69, 9.17) is 24.6 Å². The third-order valence-electron chi connectivity index (χ3n) is 1.90. The van der Waals surface area contributed by atoms with E-state index in [2.05, 4.69) is 0 Å². The Morgan fingerprint density at radius 2 is 1.93 bits per heavy atom. The summed E-state index contributed by atoms with van der Waals surface area (Å²) in [4.78, 5) is 0. The lowest BCUT2D eigenvalue weighted by Crippen LogP contribution is -2.04. The molecule has 0 heterocycles. The zero-order valence-corrected chi connectivity index (χ0v) is 8.14. The standard InChI is InChI=1S/C11H10BN3/c12-10-3-1-8(2-4-10)11(15)9(7-14)5-6-13/h1-6H,13,15H2/b6-5-,11-9+. The van der Waals surface area contributed by atoms with E-state index in [1.165, 1.54) is 12.3 Å². The minimum atomic E-state index is 0.335. The van der Waals surface area contributed by atoms with Crippen molar-refractivity contribution in [3.8, 4) is 6.07 Å². The Morgan fingerprint density at radius 1 is 1.33 bits per heavy atom. The Kier molecular flexibility index (Phi) is 3.58. The smallest absolute Gasteiger partial charge is 0.113 e. The van der Waals surface area contributed by atoms with Crippen molar-refractivity contribution in [1.82, 2.24) is 0 Å². The number of hydrogen-bond acceptors (Lipinski definition) is 3. The van der Waals surface area contributed by atoms with Crippen LogP contribution in [-0.4, -0.2) is 7.85 Å². The fourth-order valence-electron chi connectivity index (χ4n) is 1.10. The molecule has 0 aliphatic carbocycles. The van der Waals surface area contributed by atoms with Crippen molar-refractivity contribution in [2.45, 2.75) is 0 Å². The number of nitriles is 1. The van der Waals surface area contributed by atoms with E-state index in [9.17, 15) is 0 Å². The SMILES string of the molecule is [B]c1ccc(/C(N)=C(C#N)/C=C\N)cc1. The highest BCUT2D eigenvalue weighted by Gasteiger charge is 2.01. The van der Waals surface area contributed by atoms with E-state index < -0.39 is 0 Å². The molecule has 15 heavy (non-hydrogen) atoms. The maximum absolute atomic E-state index is 8.82. The van der Waals surface area contributed by atoms with Gasteiger partial charge in [0.1, 0.15) is 13.9 Å². The summed E-state index contributed by atoms with van der Waals surface area (Å²) in [6.45, 7) is 0. The monoisotopic (exact) mass is 195 g/mol. The molecular weight excluding hydrogens is 185 g/mol. The largest absolute Gasteiger partial charge is 0.405 e. The van der Waals surface area contributed by atoms with Gasteiger partial charge in [-0.15, -0.1) is 0 Å². The second-order valence-corrected chi connectivity index (χ2v) is 2.92. The van der Waals surface area contributed by atoms with E-state index in [-0.39, 0.29) is 0 Å². The molecule has 4 heteroatoms. The summed E-state index contributed by atoms with van der Waals surface area (Å²) in [5.41, 5.74) is 13.1. The van der Waals surface area contributed by atoms with Crippen molar-refractivity contribution >= 4 is 19.0 Å². The summed E-state index contributed by atoms with van der Waals surface area (Å²) in [5, 5.41) is 8.82. The normalized spacial score (nSPS) is 12.2. The molecule has 1 aromatic rings. The van der Waals surface area contributed by atoms with Crippen LogP contribution in [-0.2, 0) is 0 Å². The van der Waals surface area contributed by atoms with Gasteiger partial charge in [0.15, 0.2) is 0 Å². The van der Waals surface area contributed by atoms with Crippen molar-refractivity contribution in [2.75, 3.05) is 0 Å². The van der Waals surface area contributed by atoms with Gasteiger partial charge in [-0.1, -0.05) is 29.7 Å². The fourth-order valence-corrected chi connectivity index (χ4v) is 1.10. The zero-order chi connectivity index (χ0) is 11.3. The van der Waals surface area contributed by atoms with Gasteiger partial charge in [0, 0.05) is 0 Å². The topological polar surface area (TPSA) is 75.8 Å². The first-order valence-corrected chi connectivity index (χ1v) is 4.33. The minimum Gasteiger partial charge on any atom is -0.405 e. The molecule has 0 aliphatic heterocycles. The quantitative estimate of drug-likeness (QED) is 0.400. The van der Waals surface area contributed by atoms with Crippen LogP contribution in [0.2, 0.25) is 0 Å². The Labute approximate surface area is 90.1 Å². The lowest BCUT2D eigenvalue weighted by molar-refractivity contribution is 1.44. The van der Waals surface area contributed by atoms with Crippen molar-refractivity contribution in [1.29, 1.82) is 5.26 Å². The molecule has 0 saturated carbocycles. The van der Waals surface area contributed by atoms with Gasteiger partial charge in [-0.05, 0) is 17.8 Å². The molecule has 0 aromatic heterocycles. The highest BCUT2D eigenvalue weighted by molar-refractivity contribution is 6.32. The van der Waals surface area contributed by atoms with E-state index >= 15 is 0 Å². The van der Waals surface area contributed by atoms with Crippen LogP contribution in [0.5, 0.6) is 0 Å². The number of hydrogen-bond donors (Lipinski definition) is 2. The minimum absolute atomic E-state index is 0.335. The molecule has 0 amide bonds. The van der Waals surface area contributed by atoms with E-state index in [0.717, 1.165) is 5.56 Å². The molecule has 0 fully saturated rings. The molecule has 0 unspecified atom stereocenters. The number of rotatable bonds is 2. The molecule has 0 aliphatic rings. The highest BCUT2D eigenvalue weighted by atomic mass is 14.6. The summed E-state index contributed by atoms with van der Waals surface area (Å²) in [6.07, 6.45) is 2.74. The predicted molar refractivity (Wildman–Crippen MR) is 61.9 cm³/mol. The Hall–Kier alpha value is -2.15. The van der Waals surface area contributed by atoms with Crippen molar-refractivity contribution in [2.24, 2.45) is 11.5 Å². The average Bonchev–Trinajstić information content (AvgIpc) is 2.26. The second kappa shape index (κ2) is 4.92. The molecule has 0 spiro atoms. The van der Waals surface area contributed by atoms with Crippen LogP contribution in [0.15, 0.2) is 42.1 Å². The zero-order valence-electron chi connectivity index (χ0n) is 8.14. The van der Waals surface area contributed by atoms with Gasteiger partial charge in [-0.2, -0.15) is 5.26 Å². The molecule has 2 radical (unpaired) electrons. The molecule has 0 bridgehead atoms. The molecule has 0 saturated heterocycles. The van der Waals surface area contributed by atoms with E-state index in [0.29, 0.717) is 16.7 Å². The van der Waals surface area contributed by atoms with Crippen LogP contribution in [0.1, 0.15) is 5.56 Å². The molecule has 3 nitrogen and oxygen atoms in total. The summed E-state index contributed by atoms with van der Waals surface area (Å²) in [6, 6.07) is 8.94. The molecular formula is C11H10BN3. The van der Waals surface area contributed by atoms with Crippen molar-refractivity contribution < 1.29 is 0 Å². The highest BCUT2D eigenvalue weighted by Crippen LogP contribution is 2.12. The van der Waals surface area contributed by atoms with E-state index in [1.807, 2.05) is 6.07 Å². The molecule has 1 rings (SSSR count). The first kappa shape index (κ1) is 10.9. The van der Waals surface area contributed by atoms with Crippen LogP contribution in [0, 0.1) is 11.3 Å². The number of nitrogens with two attached hydrogens (primary N) is 2. The first-order chi connectivity index (χ1) is 7.19. The Balaban J connectivity index is 3.17. The molecule has 4 N–H and O–H groups in total. The Bertz CT molecular complexity index is 438. The van der Waals surface area contributed by atoms with Crippen molar-refractivity contribution in [3.05, 3.63) is 47.7 Å². The van der Waals surface area contributed by atoms with Gasteiger partial charge in [0.05, 0.1) is 11.3 Å². The fraction of sp³-hybridized carbons (Fsp3) is 0. The maximum Gasteiger partial charge on any atom is 0.113 e. The molecule has 1 aromatic carbocycles.